The van der Waals surface area contributed by atoms with Crippen LogP contribution < -0.4 is 5.32 Å². The molecule has 4 aliphatic heterocycles. The molecule has 4 aliphatic rings. The number of nitrogens with zero attached hydrogens (tertiary/aromatic N) is 5. The zero-order chi connectivity index (χ0) is 42.0. The Morgan fingerprint density at radius 3 is 2.09 bits per heavy atom. The molecule has 0 spiro atoms. The van der Waals surface area contributed by atoms with E-state index in [0.717, 1.165) is 11.8 Å². The van der Waals surface area contributed by atoms with E-state index in [9.17, 15) is 59.5 Å². The second-order valence-electron chi connectivity index (χ2n) is 14.7. The molecule has 310 valence electrons. The standard InChI is InChI=1S/C37H42N6O14S/c1-19-31-30(20(2)44)34(47)41(31)32(35(48)49)33(19)58-26-13-27(40(16-26)37(51)57-18-22-5-9-25(10-6-22)43(54)55)28(45)14-29(46)39-12-11-23(15-39)38-36(50)56-17-21-3-7-24(8-4-21)42(52)53/h3-10,19-20,23,26-28,30-31,44-45H,11-18H2,1-2H3,(H,38,50)(H,48,49)/t19-,20-,23+,26+,27+,28?,30-,31-/m1/s1. The lowest BCUT2D eigenvalue weighted by Crippen LogP contribution is -2.63. The number of rotatable bonds is 14. The first kappa shape index (κ1) is 41.8. The molecule has 4 N–H and O–H groups in total. The second kappa shape index (κ2) is 17.4. The first-order valence-corrected chi connectivity index (χ1v) is 19.4. The number of non-ortho nitro benzene ring substituents is 2. The van der Waals surface area contributed by atoms with Gasteiger partial charge in [-0.2, -0.15) is 0 Å². The molecule has 3 fully saturated rings. The number of carbonyl (C=O) groups excluding carboxylic acids is 4. The number of aliphatic carboxylic acids is 1. The smallest absolute Gasteiger partial charge is 0.410 e. The number of alkyl carbamates (subject to hydrolysis) is 1. The fourth-order valence-electron chi connectivity index (χ4n) is 7.91. The SMILES string of the molecule is C[C@@H](O)[C@H]1C(=O)N2C(C(=O)O)=C(S[C@H]3C[C@@H](C(O)CC(=O)N4CC[C@H](NC(=O)OCc5ccc([N+](=O)[O-])cc5)C4)N(C(=O)OCc4ccc([N+](=O)[O-])cc4)C3)[C@H](C)[C@H]12. The molecule has 2 aromatic rings. The van der Waals surface area contributed by atoms with Crippen LogP contribution in [0.3, 0.4) is 0 Å². The minimum absolute atomic E-state index is 0.0149. The van der Waals surface area contributed by atoms with Crippen LogP contribution in [0.25, 0.3) is 0 Å². The van der Waals surface area contributed by atoms with Gasteiger partial charge in [-0.1, -0.05) is 6.92 Å². The number of aliphatic hydroxyl groups is 2. The summed E-state index contributed by atoms with van der Waals surface area (Å²) in [6.07, 6.45) is -3.85. The van der Waals surface area contributed by atoms with Crippen molar-refractivity contribution in [3.8, 4) is 0 Å². The third-order valence-electron chi connectivity index (χ3n) is 10.9. The molecule has 58 heavy (non-hydrogen) atoms. The van der Waals surface area contributed by atoms with Crippen LogP contribution in [0.4, 0.5) is 21.0 Å². The average Bonchev–Trinajstić information content (AvgIpc) is 3.89. The Labute approximate surface area is 335 Å². The van der Waals surface area contributed by atoms with Gasteiger partial charge in [0, 0.05) is 60.0 Å². The van der Waals surface area contributed by atoms with E-state index < -0.39 is 93.7 Å². The van der Waals surface area contributed by atoms with Gasteiger partial charge in [-0.05, 0) is 55.2 Å². The van der Waals surface area contributed by atoms with Gasteiger partial charge in [0.05, 0.1) is 52.5 Å². The number of aliphatic hydroxyl groups excluding tert-OH is 2. The largest absolute Gasteiger partial charge is 0.477 e. The van der Waals surface area contributed by atoms with Crippen molar-refractivity contribution in [2.24, 2.45) is 11.8 Å². The summed E-state index contributed by atoms with van der Waals surface area (Å²) in [5.41, 5.74) is 0.556. The van der Waals surface area contributed by atoms with E-state index in [1.54, 1.807) is 6.92 Å². The maximum Gasteiger partial charge on any atom is 0.410 e. The lowest BCUT2D eigenvalue weighted by molar-refractivity contribution is -0.385. The van der Waals surface area contributed by atoms with Crippen molar-refractivity contribution in [1.29, 1.82) is 0 Å². The number of nitrogens with one attached hydrogen (secondary N) is 1. The third kappa shape index (κ3) is 8.85. The summed E-state index contributed by atoms with van der Waals surface area (Å²) in [4.78, 5) is 90.0. The molecule has 2 aromatic carbocycles. The van der Waals surface area contributed by atoms with E-state index in [2.05, 4.69) is 5.32 Å². The quantitative estimate of drug-likeness (QED) is 0.121. The van der Waals surface area contributed by atoms with E-state index in [1.165, 1.54) is 70.2 Å². The molecule has 0 aromatic heterocycles. The van der Waals surface area contributed by atoms with Crippen LogP contribution in [0.5, 0.6) is 0 Å². The molecule has 3 saturated heterocycles. The molecule has 6 rings (SSSR count). The third-order valence-corrected chi connectivity index (χ3v) is 12.4. The number of nitro benzene ring substituents is 2. The molecule has 20 nitrogen and oxygen atoms in total. The van der Waals surface area contributed by atoms with Crippen LogP contribution in [-0.2, 0) is 37.1 Å². The van der Waals surface area contributed by atoms with Crippen LogP contribution in [-0.4, -0.2) is 125 Å². The first-order valence-electron chi connectivity index (χ1n) is 18.5. The zero-order valence-corrected chi connectivity index (χ0v) is 32.2. The highest BCUT2D eigenvalue weighted by Gasteiger charge is 2.60. The number of likely N-dealkylation sites (tertiary alicyclic amines) is 2. The second-order valence-corrected chi connectivity index (χ2v) is 16.0. The van der Waals surface area contributed by atoms with Crippen molar-refractivity contribution in [1.82, 2.24) is 20.0 Å². The van der Waals surface area contributed by atoms with E-state index >= 15 is 0 Å². The Hall–Kier alpha value is -5.80. The highest BCUT2D eigenvalue weighted by Crippen LogP contribution is 2.52. The molecule has 8 atom stereocenters. The monoisotopic (exact) mass is 826 g/mol. The summed E-state index contributed by atoms with van der Waals surface area (Å²) in [7, 11) is 0. The molecule has 0 aliphatic carbocycles. The summed E-state index contributed by atoms with van der Waals surface area (Å²) >= 11 is 1.16. The Morgan fingerprint density at radius 1 is 0.948 bits per heavy atom. The number of carboxylic acids is 1. The molecule has 0 saturated carbocycles. The van der Waals surface area contributed by atoms with Crippen molar-refractivity contribution in [2.75, 3.05) is 19.6 Å². The Bertz CT molecular complexity index is 2000. The van der Waals surface area contributed by atoms with Gasteiger partial charge in [0.15, 0.2) is 0 Å². The number of carbonyl (C=O) groups is 5. The Balaban J connectivity index is 1.09. The van der Waals surface area contributed by atoms with E-state index in [-0.39, 0.29) is 56.3 Å². The normalized spacial score (nSPS) is 24.8. The number of hydrogen-bond acceptors (Lipinski definition) is 14. The van der Waals surface area contributed by atoms with Crippen molar-refractivity contribution >= 4 is 53.1 Å². The van der Waals surface area contributed by atoms with Crippen LogP contribution in [0.2, 0.25) is 0 Å². The lowest BCUT2D eigenvalue weighted by atomic mass is 9.79. The molecule has 1 unspecified atom stereocenters. The number of amides is 4. The maximum absolute atomic E-state index is 13.6. The number of hydrogen-bond donors (Lipinski definition) is 4. The number of thioether (sulfide) groups is 1. The van der Waals surface area contributed by atoms with Crippen LogP contribution in [0.15, 0.2) is 59.1 Å². The number of benzene rings is 2. The summed E-state index contributed by atoms with van der Waals surface area (Å²) in [5, 5.41) is 56.0. The van der Waals surface area contributed by atoms with Gasteiger partial charge >= 0.3 is 18.2 Å². The fourth-order valence-corrected chi connectivity index (χ4v) is 9.44. The van der Waals surface area contributed by atoms with Gasteiger partial charge in [0.2, 0.25) is 11.8 Å². The summed E-state index contributed by atoms with van der Waals surface area (Å²) < 4.78 is 10.8. The molecule has 0 bridgehead atoms. The van der Waals surface area contributed by atoms with Gasteiger partial charge in [-0.25, -0.2) is 14.4 Å². The van der Waals surface area contributed by atoms with E-state index in [4.69, 9.17) is 9.47 Å². The Kier molecular flexibility index (Phi) is 12.5. The molecule has 4 heterocycles. The summed E-state index contributed by atoms with van der Waals surface area (Å²) in [5.74, 6) is -3.47. The summed E-state index contributed by atoms with van der Waals surface area (Å²) in [6.45, 7) is 3.22. The zero-order valence-electron chi connectivity index (χ0n) is 31.4. The highest BCUT2D eigenvalue weighted by atomic mass is 32.2. The van der Waals surface area contributed by atoms with Gasteiger partial charge < -0.3 is 44.8 Å². The number of nitro groups is 2. The average molecular weight is 827 g/mol. The van der Waals surface area contributed by atoms with Crippen molar-refractivity contribution < 1.29 is 58.6 Å². The topological polar surface area (TPSA) is 273 Å². The van der Waals surface area contributed by atoms with Gasteiger partial charge in [-0.15, -0.1) is 11.8 Å². The molecule has 0 radical (unpaired) electrons. The fraction of sp³-hybridized carbons (Fsp3) is 0.486. The van der Waals surface area contributed by atoms with Crippen LogP contribution >= 0.6 is 11.8 Å². The number of β-lactam (4-membered cyclic amide) rings is 1. The first-order chi connectivity index (χ1) is 27.5. The lowest BCUT2D eigenvalue weighted by Gasteiger charge is -2.46. The minimum Gasteiger partial charge on any atom is -0.477 e. The van der Waals surface area contributed by atoms with Crippen molar-refractivity contribution in [2.45, 2.75) is 81.9 Å². The van der Waals surface area contributed by atoms with Crippen molar-refractivity contribution in [3.63, 3.8) is 0 Å². The van der Waals surface area contributed by atoms with Gasteiger partial charge in [0.25, 0.3) is 11.4 Å². The van der Waals surface area contributed by atoms with Crippen molar-refractivity contribution in [3.05, 3.63) is 90.5 Å². The minimum atomic E-state index is -1.39. The predicted octanol–water partition coefficient (Wildman–Crippen LogP) is 2.75. The van der Waals surface area contributed by atoms with E-state index in [1.807, 2.05) is 0 Å². The van der Waals surface area contributed by atoms with E-state index in [0.29, 0.717) is 22.5 Å². The van der Waals surface area contributed by atoms with Crippen LogP contribution in [0, 0.1) is 32.1 Å². The number of carboxylic acid groups (broad SMARTS) is 1. The Morgan fingerprint density at radius 2 is 1.53 bits per heavy atom. The number of fused-ring (bicyclic) bond motifs is 1. The molecule has 4 amide bonds. The van der Waals surface area contributed by atoms with Gasteiger partial charge in [-0.3, -0.25) is 29.8 Å². The summed E-state index contributed by atoms with van der Waals surface area (Å²) in [6, 6.07) is 8.95. The molecular weight excluding hydrogens is 785 g/mol. The van der Waals surface area contributed by atoms with Crippen LogP contribution in [0.1, 0.15) is 44.2 Å². The number of ether oxygens (including phenoxy) is 2. The maximum atomic E-state index is 13.6. The van der Waals surface area contributed by atoms with Gasteiger partial charge in [0.1, 0.15) is 18.9 Å². The molecular formula is C37H42N6O14S. The highest BCUT2D eigenvalue weighted by molar-refractivity contribution is 8.03. The molecule has 21 heteroatoms. The predicted molar refractivity (Wildman–Crippen MR) is 201 cm³/mol.